The molecule has 3 aliphatic carbocycles. The first-order chi connectivity index (χ1) is 47.0. The molecule has 6 N–H and O–H groups in total. The van der Waals surface area contributed by atoms with Gasteiger partial charge in [-0.2, -0.15) is 15.0 Å². The first kappa shape index (κ1) is 61.3. The number of anilines is 9. The fraction of sp³-hybridized carbons (Fsp3) is 0.478. The summed E-state index contributed by atoms with van der Waals surface area (Å²) in [6.45, 7) is 12.5. The Morgan fingerprint density at radius 3 is 0.906 bits per heavy atom. The van der Waals surface area contributed by atoms with Crippen LogP contribution in [-0.2, 0) is 0 Å². The van der Waals surface area contributed by atoms with Gasteiger partial charge in [0, 0.05) is 131 Å². The van der Waals surface area contributed by atoms with Crippen LogP contribution < -0.4 is 46.6 Å². The Bertz CT molecular complexity index is 3880. The van der Waals surface area contributed by atoms with Crippen LogP contribution in [0.15, 0.2) is 91.8 Å². The van der Waals surface area contributed by atoms with Gasteiger partial charge in [-0.15, -0.1) is 0 Å². The molecule has 3 saturated heterocycles. The van der Waals surface area contributed by atoms with Gasteiger partial charge in [0.2, 0.25) is 17.8 Å². The van der Waals surface area contributed by atoms with Crippen molar-refractivity contribution in [2.75, 3.05) is 130 Å². The van der Waals surface area contributed by atoms with Crippen molar-refractivity contribution in [1.82, 2.24) is 89.2 Å². The Morgan fingerprint density at radius 1 is 0.354 bits per heavy atom. The molecule has 3 saturated carbocycles. The zero-order valence-electron chi connectivity index (χ0n) is 54.9. The second-order valence-electron chi connectivity index (χ2n) is 27.4. The van der Waals surface area contributed by atoms with Crippen molar-refractivity contribution in [3.05, 3.63) is 109 Å². The topological polar surface area (TPSA) is 274 Å². The third kappa shape index (κ3) is 12.3. The van der Waals surface area contributed by atoms with E-state index in [-0.39, 0.29) is 54.0 Å². The number of fused-ring (bicyclic) bond motifs is 15. The summed E-state index contributed by atoms with van der Waals surface area (Å²) in [5.41, 5.74) is 7.91. The number of aromatic nitrogens is 12. The van der Waals surface area contributed by atoms with E-state index >= 15 is 0 Å². The number of hydrogen-bond donors (Lipinski definition) is 6. The van der Waals surface area contributed by atoms with Crippen LogP contribution in [0, 0.1) is 0 Å². The minimum absolute atomic E-state index is 0.0122. The molecule has 9 aromatic rings. The van der Waals surface area contributed by atoms with Crippen LogP contribution in [0.3, 0.4) is 0 Å². The van der Waals surface area contributed by atoms with Crippen molar-refractivity contribution < 1.29 is 14.4 Å². The highest BCUT2D eigenvalue weighted by Crippen LogP contribution is 2.40. The number of nitrogens with zero attached hydrogens (tertiary/aromatic N) is 18. The minimum atomic E-state index is -0.0122. The number of carbonyl (C=O) groups is 3. The third-order valence-corrected chi connectivity index (χ3v) is 21.1. The second kappa shape index (κ2) is 26.2. The van der Waals surface area contributed by atoms with Gasteiger partial charge in [0.25, 0.3) is 17.7 Å². The van der Waals surface area contributed by atoms with E-state index in [1.165, 1.54) is 19.3 Å². The van der Waals surface area contributed by atoms with Crippen LogP contribution in [-0.4, -0.2) is 209 Å². The molecule has 1 unspecified atom stereocenters. The van der Waals surface area contributed by atoms with Crippen molar-refractivity contribution in [1.29, 1.82) is 0 Å². The van der Waals surface area contributed by atoms with Crippen LogP contribution >= 0.6 is 0 Å². The Balaban J connectivity index is 0.000000113. The van der Waals surface area contributed by atoms with Crippen molar-refractivity contribution in [2.24, 2.45) is 0 Å². The molecule has 0 spiro atoms. The quantitative estimate of drug-likeness (QED) is 0.0810. The molecule has 6 aliphatic heterocycles. The standard InChI is InChI=1S/3C23H28N8O/c3*1-29-8-10-30(11-9-29)16-6-7-20(24-14-16)27-23-25-13-15-12-19-22(32)26-17-4-2-3-5-18(17)31(19)21(15)28-23/h3*6-7,12-14,17-18H,2-5,8-11H2,1H3,(H,26,32)(H,24,25,27,28)/t17-,18?;17-,18+;17-,18-/m001/s1. The zero-order chi connectivity index (χ0) is 65.0. The molecule has 0 radical (unpaired) electrons. The van der Waals surface area contributed by atoms with Gasteiger partial charge in [-0.25, -0.2) is 29.9 Å². The number of hydrogen-bond acceptors (Lipinski definition) is 21. The van der Waals surface area contributed by atoms with Gasteiger partial charge >= 0.3 is 0 Å². The fourth-order valence-electron chi connectivity index (χ4n) is 15.7. The molecule has 3 amide bonds. The van der Waals surface area contributed by atoms with Gasteiger partial charge in [0.1, 0.15) is 51.5 Å². The van der Waals surface area contributed by atoms with Crippen LogP contribution in [0.2, 0.25) is 0 Å². The van der Waals surface area contributed by atoms with E-state index in [1.54, 1.807) is 18.6 Å². The Hall–Kier alpha value is -9.60. The molecule has 96 heavy (non-hydrogen) atoms. The summed E-state index contributed by atoms with van der Waals surface area (Å²) in [6.07, 6.45) is 24.3. The Labute approximate surface area is 556 Å². The molecule has 6 atom stereocenters. The first-order valence-electron chi connectivity index (χ1n) is 34.5. The van der Waals surface area contributed by atoms with E-state index in [0.717, 1.165) is 186 Å². The summed E-state index contributed by atoms with van der Waals surface area (Å²) in [7, 11) is 6.47. The third-order valence-electron chi connectivity index (χ3n) is 21.1. The van der Waals surface area contributed by atoms with Crippen LogP contribution in [0.25, 0.3) is 33.1 Å². The molecule has 15 heterocycles. The summed E-state index contributed by atoms with van der Waals surface area (Å²) in [5, 5.41) is 22.0. The molecule has 9 aliphatic rings. The maximum absolute atomic E-state index is 12.7. The van der Waals surface area contributed by atoms with E-state index in [9.17, 15) is 14.4 Å². The van der Waals surface area contributed by atoms with Crippen molar-refractivity contribution in [2.45, 2.75) is 113 Å². The number of piperazine rings is 3. The van der Waals surface area contributed by atoms with Crippen molar-refractivity contribution in [3.8, 4) is 0 Å². The number of likely N-dealkylation sites (N-methyl/N-ethyl adjacent to an activating group) is 3. The van der Waals surface area contributed by atoms with Gasteiger partial charge in [-0.3, -0.25) is 14.4 Å². The lowest BCUT2D eigenvalue weighted by Gasteiger charge is -2.38. The molecule has 498 valence electrons. The van der Waals surface area contributed by atoms with Gasteiger partial charge in [-0.1, -0.05) is 38.5 Å². The van der Waals surface area contributed by atoms with Crippen molar-refractivity contribution >= 4 is 103 Å². The van der Waals surface area contributed by atoms with E-state index in [2.05, 4.69) is 144 Å². The maximum atomic E-state index is 12.7. The highest BCUT2D eigenvalue weighted by atomic mass is 16.2. The number of amides is 3. The highest BCUT2D eigenvalue weighted by Gasteiger charge is 2.40. The average molecular weight is 1300 g/mol. The first-order valence-corrected chi connectivity index (χ1v) is 34.5. The minimum Gasteiger partial charge on any atom is -0.368 e. The van der Waals surface area contributed by atoms with Crippen LogP contribution in [0.5, 0.6) is 0 Å². The van der Waals surface area contributed by atoms with Gasteiger partial charge in [-0.05, 0) is 114 Å². The zero-order valence-corrected chi connectivity index (χ0v) is 54.9. The van der Waals surface area contributed by atoms with E-state index in [4.69, 9.17) is 15.0 Å². The van der Waals surface area contributed by atoms with E-state index < -0.39 is 0 Å². The number of pyridine rings is 3. The normalized spacial score (nSPS) is 23.5. The predicted molar refractivity (Wildman–Crippen MR) is 371 cm³/mol. The Morgan fingerprint density at radius 2 is 0.635 bits per heavy atom. The number of nitrogens with one attached hydrogen (secondary N) is 6. The molecule has 18 rings (SSSR count). The summed E-state index contributed by atoms with van der Waals surface area (Å²) in [5.74, 6) is 3.58. The molecular weight excluding hydrogens is 1210 g/mol. The summed E-state index contributed by atoms with van der Waals surface area (Å²) < 4.78 is 6.40. The lowest BCUT2D eigenvalue weighted by Crippen LogP contribution is -2.48. The van der Waals surface area contributed by atoms with Crippen LogP contribution in [0.4, 0.5) is 52.4 Å². The van der Waals surface area contributed by atoms with Gasteiger partial charge in [0.05, 0.1) is 53.8 Å². The van der Waals surface area contributed by atoms with Crippen LogP contribution in [0.1, 0.15) is 127 Å². The Kier molecular flexibility index (Phi) is 16.7. The lowest BCUT2D eigenvalue weighted by atomic mass is 9.88. The predicted octanol–water partition coefficient (Wildman–Crippen LogP) is 7.65. The molecule has 9 aromatic heterocycles. The highest BCUT2D eigenvalue weighted by molar-refractivity contribution is 6.01. The number of rotatable bonds is 9. The average Bonchev–Trinajstić information content (AvgIpc) is 1.59. The molecular formula is C69H84N24O3. The van der Waals surface area contributed by atoms with E-state index in [1.807, 2.05) is 55.0 Å². The SMILES string of the molecule is CN1CCN(c2ccc(Nc3ncc4cc5n(c4n3)C3CCCC[C@@H]3NC5=O)nc2)CC1.CN1CCN(c2ccc(Nc3ncc4cc5n(c4n3)[C@@H]3CCCC[C@@H]3NC5=O)nc2)CC1.CN1CCN(c2ccc(Nc3ncc4cc5n(c4n3)[C@@H]3CCCC[C@H]3NC5=O)nc2)CC1. The molecule has 0 aromatic carbocycles. The fourth-order valence-corrected chi connectivity index (χ4v) is 15.7. The summed E-state index contributed by atoms with van der Waals surface area (Å²) in [6, 6.07) is 19.3. The van der Waals surface area contributed by atoms with Crippen molar-refractivity contribution in [3.63, 3.8) is 0 Å². The van der Waals surface area contributed by atoms with Gasteiger partial charge in [0.15, 0.2) is 0 Å². The lowest BCUT2D eigenvalue weighted by molar-refractivity contribution is 0.0847. The second-order valence-corrected chi connectivity index (χ2v) is 27.4. The molecule has 27 heteroatoms. The van der Waals surface area contributed by atoms with Gasteiger partial charge < -0.3 is 75.0 Å². The monoisotopic (exact) mass is 1300 g/mol. The largest absolute Gasteiger partial charge is 0.368 e. The van der Waals surface area contributed by atoms with E-state index in [0.29, 0.717) is 52.4 Å². The molecule has 6 fully saturated rings. The smallest absolute Gasteiger partial charge is 0.268 e. The maximum Gasteiger partial charge on any atom is 0.268 e. The molecule has 27 nitrogen and oxygen atoms in total. The molecule has 0 bridgehead atoms. The summed E-state index contributed by atoms with van der Waals surface area (Å²) in [4.78, 5) is 93.6. The summed E-state index contributed by atoms with van der Waals surface area (Å²) >= 11 is 0. The number of carbonyl (C=O) groups excluding carboxylic acids is 3.